The molecule has 5 rings (SSSR count). The molecule has 2 heterocycles. The summed E-state index contributed by atoms with van der Waals surface area (Å²) in [6, 6.07) is 10.5. The van der Waals surface area contributed by atoms with Crippen molar-refractivity contribution in [1.29, 1.82) is 5.41 Å². The van der Waals surface area contributed by atoms with Crippen molar-refractivity contribution in [2.45, 2.75) is 25.3 Å². The monoisotopic (exact) mass is 517 g/mol. The van der Waals surface area contributed by atoms with E-state index in [1.54, 1.807) is 18.2 Å². The summed E-state index contributed by atoms with van der Waals surface area (Å²) in [5.41, 5.74) is 2.47. The molecule has 35 heavy (non-hydrogen) atoms. The highest BCUT2D eigenvalue weighted by molar-refractivity contribution is 6.37. The van der Waals surface area contributed by atoms with E-state index in [2.05, 4.69) is 25.6 Å². The minimum absolute atomic E-state index is 0.0231. The summed E-state index contributed by atoms with van der Waals surface area (Å²) in [6.07, 6.45) is 0.392. The van der Waals surface area contributed by atoms with E-state index in [0.29, 0.717) is 18.2 Å². The number of hydrogen-bond acceptors (Lipinski definition) is 6. The highest BCUT2D eigenvalue weighted by Gasteiger charge is 2.22. The third-order valence-electron chi connectivity index (χ3n) is 5.81. The van der Waals surface area contributed by atoms with E-state index < -0.39 is 12.1 Å². The summed E-state index contributed by atoms with van der Waals surface area (Å²) in [7, 11) is 0. The van der Waals surface area contributed by atoms with Gasteiger partial charge in [-0.1, -0.05) is 35.3 Å². The fraction of sp³-hybridized carbons (Fsp3) is 0.217. The zero-order chi connectivity index (χ0) is 24.7. The Bertz CT molecular complexity index is 1530. The molecule has 0 amide bonds. The minimum atomic E-state index is -2.38. The Kier molecular flexibility index (Phi) is 6.26. The van der Waals surface area contributed by atoms with Gasteiger partial charge in [-0.3, -0.25) is 10.4 Å². The number of aromatic nitrogens is 4. The summed E-state index contributed by atoms with van der Waals surface area (Å²) >= 11 is 12.5. The molecule has 2 aromatic heterocycles. The Morgan fingerprint density at radius 3 is 2.66 bits per heavy atom. The van der Waals surface area contributed by atoms with Gasteiger partial charge < -0.3 is 10.6 Å². The molecule has 0 saturated heterocycles. The number of nitrogens with one attached hydrogen (secondary N) is 4. The maximum Gasteiger partial charge on any atom is 0.333 e. The van der Waals surface area contributed by atoms with Crippen LogP contribution in [0.15, 0.2) is 47.4 Å². The highest BCUT2D eigenvalue weighted by Crippen LogP contribution is 2.28. The van der Waals surface area contributed by atoms with E-state index in [-0.39, 0.29) is 45.4 Å². The Labute approximate surface area is 207 Å². The number of aromatic amines is 1. The molecule has 180 valence electrons. The molecule has 0 fully saturated rings. The first kappa shape index (κ1) is 23.4. The molecular formula is C23H19Cl2F2N7O. The Morgan fingerprint density at radius 2 is 1.91 bits per heavy atom. The number of halogens is 4. The molecule has 8 nitrogen and oxygen atoms in total. The maximum absolute atomic E-state index is 12.8. The molecule has 12 heteroatoms. The number of fused-ring (bicyclic) bond motifs is 2. The van der Waals surface area contributed by atoms with Crippen LogP contribution in [-0.2, 0) is 12.8 Å². The Balaban J connectivity index is 1.43. The number of H-pyrrole nitrogens is 1. The Hall–Kier alpha value is -3.34. The predicted molar refractivity (Wildman–Crippen MR) is 130 cm³/mol. The second kappa shape index (κ2) is 9.37. The number of rotatable bonds is 6. The number of para-hydroxylation sites is 1. The molecule has 0 saturated carbocycles. The van der Waals surface area contributed by atoms with E-state index in [9.17, 15) is 13.6 Å². The zero-order valence-electron chi connectivity index (χ0n) is 18.1. The second-order valence-corrected chi connectivity index (χ2v) is 8.97. The number of benzene rings is 2. The third-order valence-corrected chi connectivity index (χ3v) is 6.42. The van der Waals surface area contributed by atoms with Crippen molar-refractivity contribution in [1.82, 2.24) is 24.8 Å². The lowest BCUT2D eigenvalue weighted by atomic mass is 10.1. The number of hydrogen-bond donors (Lipinski definition) is 4. The Morgan fingerprint density at radius 1 is 1.17 bits per heavy atom. The van der Waals surface area contributed by atoms with E-state index in [1.807, 2.05) is 18.2 Å². The smallest absolute Gasteiger partial charge is 0.324 e. The van der Waals surface area contributed by atoms with Crippen molar-refractivity contribution >= 4 is 45.9 Å². The van der Waals surface area contributed by atoms with Crippen molar-refractivity contribution in [3.05, 3.63) is 79.7 Å². The maximum atomic E-state index is 12.8. The van der Waals surface area contributed by atoms with Gasteiger partial charge in [0.2, 0.25) is 5.95 Å². The van der Waals surface area contributed by atoms with Gasteiger partial charge in [-0.25, -0.2) is 23.1 Å². The molecule has 1 aliphatic carbocycles. The van der Waals surface area contributed by atoms with Crippen LogP contribution in [0.3, 0.4) is 0 Å². The average Bonchev–Trinajstić information content (AvgIpc) is 3.21. The van der Waals surface area contributed by atoms with Gasteiger partial charge in [-0.05, 0) is 48.2 Å². The minimum Gasteiger partial charge on any atom is -0.324 e. The van der Waals surface area contributed by atoms with Gasteiger partial charge in [-0.15, -0.1) is 0 Å². The van der Waals surface area contributed by atoms with Gasteiger partial charge >= 0.3 is 5.69 Å². The van der Waals surface area contributed by atoms with Crippen LogP contribution in [0.4, 0.5) is 20.4 Å². The van der Waals surface area contributed by atoms with Crippen LogP contribution in [0.5, 0.6) is 0 Å². The molecule has 1 atom stereocenters. The van der Waals surface area contributed by atoms with E-state index in [0.717, 1.165) is 21.4 Å². The summed E-state index contributed by atoms with van der Waals surface area (Å²) < 4.78 is 26.1. The fourth-order valence-corrected chi connectivity index (χ4v) is 4.80. The molecule has 4 N–H and O–H groups in total. The van der Waals surface area contributed by atoms with Crippen molar-refractivity contribution in [3.8, 4) is 5.69 Å². The first-order valence-corrected chi connectivity index (χ1v) is 11.5. The van der Waals surface area contributed by atoms with Crippen molar-refractivity contribution < 1.29 is 8.78 Å². The predicted octanol–water partition coefficient (Wildman–Crippen LogP) is 3.96. The lowest BCUT2D eigenvalue weighted by Gasteiger charge is -2.12. The first-order chi connectivity index (χ1) is 16.8. The molecular weight excluding hydrogens is 499 g/mol. The van der Waals surface area contributed by atoms with E-state index in [4.69, 9.17) is 28.6 Å². The summed E-state index contributed by atoms with van der Waals surface area (Å²) in [6.45, 7) is -0.326. The molecule has 1 unspecified atom stereocenters. The molecule has 0 aliphatic heterocycles. The molecule has 0 radical (unpaired) electrons. The number of anilines is 2. The van der Waals surface area contributed by atoms with Gasteiger partial charge in [0.05, 0.1) is 27.7 Å². The topological polar surface area (TPSA) is 111 Å². The van der Waals surface area contributed by atoms with E-state index in [1.165, 1.54) is 6.20 Å². The highest BCUT2D eigenvalue weighted by atomic mass is 35.5. The lowest BCUT2D eigenvalue weighted by molar-refractivity contribution is 0.141. The fourth-order valence-electron chi connectivity index (χ4n) is 4.23. The third kappa shape index (κ3) is 4.64. The summed E-state index contributed by atoms with van der Waals surface area (Å²) in [5, 5.41) is 15.3. The molecule has 1 aliphatic rings. The van der Waals surface area contributed by atoms with Crippen LogP contribution in [-0.4, -0.2) is 38.5 Å². The molecule has 0 bridgehead atoms. The lowest BCUT2D eigenvalue weighted by Crippen LogP contribution is -2.34. The first-order valence-electron chi connectivity index (χ1n) is 10.7. The van der Waals surface area contributed by atoms with Gasteiger partial charge in [0.15, 0.2) is 5.65 Å². The molecule has 4 aromatic rings. The quantitative estimate of drug-likeness (QED) is 0.309. The van der Waals surface area contributed by atoms with Crippen LogP contribution in [0, 0.1) is 5.41 Å². The number of nitrogens with zero attached hydrogens (tertiary/aromatic N) is 3. The standard InChI is InChI=1S/C23H19Cl2F2N7O/c24-16-2-1-3-17(25)19(16)34-20(28)15-9-30-22(32-21(15)33-23(34)35)31-13-5-4-11-6-14(8-12(11)7-13)29-10-18(26)27/h1-5,7,9,14,18,28-29H,6,8,10H2,(H2,30,31,32,33,35). The number of alkyl halides is 2. The second-order valence-electron chi connectivity index (χ2n) is 8.15. The molecule has 2 aromatic carbocycles. The van der Waals surface area contributed by atoms with Gasteiger partial charge in [0, 0.05) is 17.9 Å². The van der Waals surface area contributed by atoms with Crippen molar-refractivity contribution in [2.75, 3.05) is 11.9 Å². The normalized spacial score (nSPS) is 15.1. The SMILES string of the molecule is N=c1c2cnc(Nc3ccc4c(c3)CC(NCC(F)F)C4)nc2[nH]c(=O)n1-c1c(Cl)cccc1Cl. The molecule has 0 spiro atoms. The average molecular weight is 518 g/mol. The van der Waals surface area contributed by atoms with Crippen LogP contribution < -0.4 is 21.8 Å². The summed E-state index contributed by atoms with van der Waals surface area (Å²) in [5.74, 6) is 0.228. The van der Waals surface area contributed by atoms with Gasteiger partial charge in [-0.2, -0.15) is 4.98 Å². The van der Waals surface area contributed by atoms with Crippen LogP contribution >= 0.6 is 23.2 Å². The summed E-state index contributed by atoms with van der Waals surface area (Å²) in [4.78, 5) is 24.1. The van der Waals surface area contributed by atoms with Crippen molar-refractivity contribution in [2.24, 2.45) is 0 Å². The largest absolute Gasteiger partial charge is 0.333 e. The van der Waals surface area contributed by atoms with Gasteiger partial charge in [0.25, 0.3) is 6.43 Å². The van der Waals surface area contributed by atoms with Crippen molar-refractivity contribution in [3.63, 3.8) is 0 Å². The van der Waals surface area contributed by atoms with Gasteiger partial charge in [0.1, 0.15) is 5.49 Å². The van der Waals surface area contributed by atoms with Crippen LogP contribution in [0.2, 0.25) is 10.0 Å². The van der Waals surface area contributed by atoms with E-state index >= 15 is 0 Å². The van der Waals surface area contributed by atoms with Crippen LogP contribution in [0.25, 0.3) is 16.7 Å². The van der Waals surface area contributed by atoms with Crippen LogP contribution in [0.1, 0.15) is 11.1 Å². The zero-order valence-corrected chi connectivity index (χ0v) is 19.6.